The summed E-state index contributed by atoms with van der Waals surface area (Å²) in [5.41, 5.74) is 0. The van der Waals surface area contributed by atoms with Crippen LogP contribution in [0.1, 0.15) is 38.0 Å². The van der Waals surface area contributed by atoms with Crippen molar-refractivity contribution in [2.24, 2.45) is 0 Å². The van der Waals surface area contributed by atoms with E-state index in [2.05, 4.69) is 10.3 Å². The van der Waals surface area contributed by atoms with Crippen LogP contribution in [0, 0.1) is 6.92 Å². The Morgan fingerprint density at radius 3 is 2.74 bits per heavy atom. The highest BCUT2D eigenvalue weighted by Crippen LogP contribution is 2.12. The van der Waals surface area contributed by atoms with Gasteiger partial charge in [0.15, 0.2) is 0 Å². The van der Waals surface area contributed by atoms with Crippen molar-refractivity contribution in [3.8, 4) is 0 Å². The zero-order valence-electron chi connectivity index (χ0n) is 11.3. The molecule has 2 amide bonds. The summed E-state index contributed by atoms with van der Waals surface area (Å²) < 4.78 is 5.31. The fraction of sp³-hybridized carbons (Fsp3) is 0.583. The highest BCUT2D eigenvalue weighted by Gasteiger charge is 2.20. The Kier molecular flexibility index (Phi) is 5.35. The largest absolute Gasteiger partial charge is 0.480 e. The summed E-state index contributed by atoms with van der Waals surface area (Å²) in [6, 6.07) is -0.845. The van der Waals surface area contributed by atoms with E-state index < -0.39 is 18.0 Å². The molecular formula is C12H19N3O4. The Morgan fingerprint density at radius 1 is 1.58 bits per heavy atom. The first kappa shape index (κ1) is 15.0. The van der Waals surface area contributed by atoms with Crippen molar-refractivity contribution >= 4 is 12.0 Å². The molecule has 0 aliphatic heterocycles. The van der Waals surface area contributed by atoms with Crippen molar-refractivity contribution in [1.82, 2.24) is 15.2 Å². The number of carbonyl (C=O) groups is 2. The van der Waals surface area contributed by atoms with E-state index >= 15 is 0 Å². The number of nitrogens with one attached hydrogen (secondary N) is 1. The van der Waals surface area contributed by atoms with E-state index in [1.807, 2.05) is 6.92 Å². The fourth-order valence-corrected chi connectivity index (χ4v) is 1.60. The third-order valence-corrected chi connectivity index (χ3v) is 2.46. The summed E-state index contributed by atoms with van der Waals surface area (Å²) in [5, 5.41) is 11.4. The number of urea groups is 1. The van der Waals surface area contributed by atoms with Crippen LogP contribution in [0.2, 0.25) is 0 Å². The Hall–Kier alpha value is -2.05. The Bertz CT molecular complexity index is 444. The Balaban J connectivity index is 2.62. The number of aliphatic carboxylic acids is 1. The van der Waals surface area contributed by atoms with Gasteiger partial charge in [-0.3, -0.25) is 4.79 Å². The predicted octanol–water partition coefficient (Wildman–Crippen LogP) is 1.55. The highest BCUT2D eigenvalue weighted by atomic mass is 16.4. The van der Waals surface area contributed by atoms with Gasteiger partial charge in [-0.05, 0) is 20.3 Å². The SMILES string of the molecule is CCCN(CC(=O)O)C(=O)NC(C)c1ncc(C)o1. The second-order valence-corrected chi connectivity index (χ2v) is 4.30. The van der Waals surface area contributed by atoms with E-state index in [1.54, 1.807) is 20.0 Å². The minimum Gasteiger partial charge on any atom is -0.480 e. The van der Waals surface area contributed by atoms with Crippen molar-refractivity contribution in [3.63, 3.8) is 0 Å². The van der Waals surface area contributed by atoms with Gasteiger partial charge in [-0.1, -0.05) is 6.92 Å². The molecule has 7 heteroatoms. The molecule has 0 bridgehead atoms. The van der Waals surface area contributed by atoms with Crippen LogP contribution in [-0.2, 0) is 4.79 Å². The molecule has 0 spiro atoms. The van der Waals surface area contributed by atoms with E-state index in [4.69, 9.17) is 9.52 Å². The highest BCUT2D eigenvalue weighted by molar-refractivity contribution is 5.80. The molecule has 0 saturated heterocycles. The quantitative estimate of drug-likeness (QED) is 0.816. The monoisotopic (exact) mass is 269 g/mol. The van der Waals surface area contributed by atoms with Gasteiger partial charge in [-0.25, -0.2) is 9.78 Å². The molecule has 0 saturated carbocycles. The molecule has 0 radical (unpaired) electrons. The van der Waals surface area contributed by atoms with Crippen molar-refractivity contribution in [2.75, 3.05) is 13.1 Å². The summed E-state index contributed by atoms with van der Waals surface area (Å²) in [6.45, 7) is 5.43. The first-order valence-corrected chi connectivity index (χ1v) is 6.13. The molecule has 0 fully saturated rings. The summed E-state index contributed by atoms with van der Waals surface area (Å²) in [7, 11) is 0. The summed E-state index contributed by atoms with van der Waals surface area (Å²) in [5.74, 6) is 0.0212. The molecule has 1 rings (SSSR count). The number of aromatic nitrogens is 1. The second-order valence-electron chi connectivity index (χ2n) is 4.30. The lowest BCUT2D eigenvalue weighted by Crippen LogP contribution is -2.44. The number of oxazole rings is 1. The average Bonchev–Trinajstić information content (AvgIpc) is 2.74. The molecule has 1 aromatic heterocycles. The third kappa shape index (κ3) is 4.61. The van der Waals surface area contributed by atoms with Gasteiger partial charge < -0.3 is 19.7 Å². The smallest absolute Gasteiger partial charge is 0.323 e. The van der Waals surface area contributed by atoms with Crippen LogP contribution in [-0.4, -0.2) is 40.1 Å². The van der Waals surface area contributed by atoms with Gasteiger partial charge in [0.25, 0.3) is 0 Å². The molecule has 1 atom stereocenters. The molecule has 0 aliphatic rings. The van der Waals surface area contributed by atoms with E-state index in [0.717, 1.165) is 0 Å². The minimum atomic E-state index is -1.04. The fourth-order valence-electron chi connectivity index (χ4n) is 1.60. The van der Waals surface area contributed by atoms with E-state index in [0.29, 0.717) is 24.6 Å². The number of carbonyl (C=O) groups excluding carboxylic acids is 1. The zero-order chi connectivity index (χ0) is 14.4. The molecule has 2 N–H and O–H groups in total. The molecule has 1 heterocycles. The predicted molar refractivity (Wildman–Crippen MR) is 67.7 cm³/mol. The number of amides is 2. The van der Waals surface area contributed by atoms with Crippen molar-refractivity contribution < 1.29 is 19.1 Å². The van der Waals surface area contributed by atoms with Crippen LogP contribution >= 0.6 is 0 Å². The first-order chi connectivity index (χ1) is 8.93. The number of hydrogen-bond donors (Lipinski definition) is 2. The maximum absolute atomic E-state index is 11.9. The maximum Gasteiger partial charge on any atom is 0.323 e. The number of carboxylic acid groups (broad SMARTS) is 1. The van der Waals surface area contributed by atoms with Crippen molar-refractivity contribution in [3.05, 3.63) is 17.8 Å². The van der Waals surface area contributed by atoms with E-state index in [-0.39, 0.29) is 6.54 Å². The number of aryl methyl sites for hydroxylation is 1. The standard InChI is InChI=1S/C12H19N3O4/c1-4-5-15(7-10(16)17)12(18)14-9(3)11-13-6-8(2)19-11/h6,9H,4-5,7H2,1-3H3,(H,14,18)(H,16,17). The van der Waals surface area contributed by atoms with Crippen LogP contribution in [0.5, 0.6) is 0 Å². The number of nitrogens with zero attached hydrogens (tertiary/aromatic N) is 2. The Labute approximate surface area is 111 Å². The lowest BCUT2D eigenvalue weighted by Gasteiger charge is -2.22. The molecule has 0 aliphatic carbocycles. The lowest BCUT2D eigenvalue weighted by atomic mass is 10.3. The molecule has 0 aromatic carbocycles. The first-order valence-electron chi connectivity index (χ1n) is 6.13. The second kappa shape index (κ2) is 6.77. The molecular weight excluding hydrogens is 250 g/mol. The topological polar surface area (TPSA) is 95.7 Å². The van der Waals surface area contributed by atoms with Crippen molar-refractivity contribution in [1.29, 1.82) is 0 Å². The number of hydrogen-bond acceptors (Lipinski definition) is 4. The summed E-state index contributed by atoms with van der Waals surface area (Å²) in [4.78, 5) is 27.9. The summed E-state index contributed by atoms with van der Waals surface area (Å²) >= 11 is 0. The maximum atomic E-state index is 11.9. The van der Waals surface area contributed by atoms with Crippen LogP contribution in [0.3, 0.4) is 0 Å². The van der Waals surface area contributed by atoms with Crippen LogP contribution < -0.4 is 5.32 Å². The minimum absolute atomic E-state index is 0.322. The van der Waals surface area contributed by atoms with Crippen LogP contribution in [0.25, 0.3) is 0 Å². The van der Waals surface area contributed by atoms with Crippen LogP contribution in [0.15, 0.2) is 10.6 Å². The lowest BCUT2D eigenvalue weighted by molar-refractivity contribution is -0.137. The number of carboxylic acids is 1. The summed E-state index contributed by atoms with van der Waals surface area (Å²) in [6.07, 6.45) is 2.26. The molecule has 19 heavy (non-hydrogen) atoms. The van der Waals surface area contributed by atoms with E-state index in [1.165, 1.54) is 4.90 Å². The third-order valence-electron chi connectivity index (χ3n) is 2.46. The van der Waals surface area contributed by atoms with Gasteiger partial charge in [0, 0.05) is 6.54 Å². The zero-order valence-corrected chi connectivity index (χ0v) is 11.3. The Morgan fingerprint density at radius 2 is 2.26 bits per heavy atom. The van der Waals surface area contributed by atoms with Gasteiger partial charge in [0.05, 0.1) is 6.20 Å². The molecule has 1 unspecified atom stereocenters. The van der Waals surface area contributed by atoms with Gasteiger partial charge in [0.1, 0.15) is 18.3 Å². The van der Waals surface area contributed by atoms with E-state index in [9.17, 15) is 9.59 Å². The van der Waals surface area contributed by atoms with Gasteiger partial charge in [0.2, 0.25) is 5.89 Å². The van der Waals surface area contributed by atoms with Gasteiger partial charge in [-0.2, -0.15) is 0 Å². The van der Waals surface area contributed by atoms with Crippen LogP contribution in [0.4, 0.5) is 4.79 Å². The molecule has 7 nitrogen and oxygen atoms in total. The average molecular weight is 269 g/mol. The van der Waals surface area contributed by atoms with Crippen molar-refractivity contribution in [2.45, 2.75) is 33.2 Å². The molecule has 106 valence electrons. The number of rotatable bonds is 6. The normalized spacial score (nSPS) is 11.9. The molecule has 1 aromatic rings. The van der Waals surface area contributed by atoms with Gasteiger partial charge >= 0.3 is 12.0 Å². The van der Waals surface area contributed by atoms with Gasteiger partial charge in [-0.15, -0.1) is 0 Å².